The predicted molar refractivity (Wildman–Crippen MR) is 77.1 cm³/mol. The van der Waals surface area contributed by atoms with Gasteiger partial charge in [0.05, 0.1) is 12.0 Å². The van der Waals surface area contributed by atoms with Crippen molar-refractivity contribution in [2.75, 3.05) is 26.7 Å². The van der Waals surface area contributed by atoms with Crippen LogP contribution in [0.5, 0.6) is 5.75 Å². The molecule has 0 saturated heterocycles. The molecule has 0 aromatic heterocycles. The maximum absolute atomic E-state index is 12.1. The van der Waals surface area contributed by atoms with E-state index in [-0.39, 0.29) is 5.91 Å². The van der Waals surface area contributed by atoms with E-state index in [0.29, 0.717) is 19.7 Å². The van der Waals surface area contributed by atoms with Crippen molar-refractivity contribution in [3.8, 4) is 5.75 Å². The third-order valence-corrected chi connectivity index (χ3v) is 3.21. The molecule has 0 heterocycles. The van der Waals surface area contributed by atoms with Crippen LogP contribution in [0.15, 0.2) is 24.3 Å². The van der Waals surface area contributed by atoms with Gasteiger partial charge in [0.2, 0.25) is 5.91 Å². The highest BCUT2D eigenvalue weighted by Gasteiger charge is 2.28. The van der Waals surface area contributed by atoms with E-state index in [1.807, 2.05) is 45.0 Å². The van der Waals surface area contributed by atoms with Gasteiger partial charge >= 0.3 is 0 Å². The smallest absolute Gasteiger partial charge is 0.229 e. The number of rotatable bonds is 6. The molecule has 0 aliphatic heterocycles. The Balaban J connectivity index is 2.46. The number of para-hydroxylation sites is 1. The number of amides is 1. The zero-order chi connectivity index (χ0) is 14.5. The summed E-state index contributed by atoms with van der Waals surface area (Å²) in [6, 6.07) is 7.85. The van der Waals surface area contributed by atoms with Crippen LogP contribution in [0.3, 0.4) is 0 Å². The summed E-state index contributed by atoms with van der Waals surface area (Å²) in [6.07, 6.45) is 0. The Bertz CT molecular complexity index is 430. The lowest BCUT2D eigenvalue weighted by molar-refractivity contribution is -0.138. The molecule has 19 heavy (non-hydrogen) atoms. The minimum Gasteiger partial charge on any atom is -0.491 e. The molecule has 4 heteroatoms. The lowest BCUT2D eigenvalue weighted by atomic mass is 9.92. The van der Waals surface area contributed by atoms with E-state index < -0.39 is 5.41 Å². The molecule has 1 rings (SSSR count). The number of hydrogen-bond donors (Lipinski definition) is 1. The Morgan fingerprint density at radius 3 is 2.58 bits per heavy atom. The molecule has 0 aliphatic carbocycles. The molecule has 0 fully saturated rings. The van der Waals surface area contributed by atoms with Crippen LogP contribution in [0.25, 0.3) is 0 Å². The van der Waals surface area contributed by atoms with Crippen molar-refractivity contribution < 1.29 is 9.53 Å². The number of nitrogens with two attached hydrogens (primary N) is 1. The fourth-order valence-corrected chi connectivity index (χ4v) is 1.72. The number of benzene rings is 1. The first-order chi connectivity index (χ1) is 8.88. The van der Waals surface area contributed by atoms with Crippen LogP contribution in [-0.4, -0.2) is 37.6 Å². The summed E-state index contributed by atoms with van der Waals surface area (Å²) in [6.45, 7) is 7.09. The molecule has 0 spiro atoms. The maximum Gasteiger partial charge on any atom is 0.229 e. The Labute approximate surface area is 115 Å². The van der Waals surface area contributed by atoms with Crippen molar-refractivity contribution >= 4 is 5.91 Å². The maximum atomic E-state index is 12.1. The highest BCUT2D eigenvalue weighted by molar-refractivity contribution is 5.81. The van der Waals surface area contributed by atoms with E-state index in [1.54, 1.807) is 11.9 Å². The van der Waals surface area contributed by atoms with Crippen molar-refractivity contribution in [1.82, 2.24) is 4.90 Å². The first-order valence-electron chi connectivity index (χ1n) is 6.52. The summed E-state index contributed by atoms with van der Waals surface area (Å²) < 4.78 is 5.68. The van der Waals surface area contributed by atoms with Crippen LogP contribution in [0, 0.1) is 12.3 Å². The van der Waals surface area contributed by atoms with Gasteiger partial charge in [-0.25, -0.2) is 0 Å². The van der Waals surface area contributed by atoms with Crippen molar-refractivity contribution in [2.45, 2.75) is 20.8 Å². The first-order valence-corrected chi connectivity index (χ1v) is 6.52. The normalized spacial score (nSPS) is 11.2. The van der Waals surface area contributed by atoms with E-state index in [1.165, 1.54) is 0 Å². The van der Waals surface area contributed by atoms with Gasteiger partial charge in [0.1, 0.15) is 12.4 Å². The number of nitrogens with zero attached hydrogens (tertiary/aromatic N) is 1. The molecule has 4 nitrogen and oxygen atoms in total. The highest BCUT2D eigenvalue weighted by Crippen LogP contribution is 2.17. The van der Waals surface area contributed by atoms with Crippen molar-refractivity contribution in [3.63, 3.8) is 0 Å². The van der Waals surface area contributed by atoms with E-state index in [0.717, 1.165) is 11.3 Å². The minimum absolute atomic E-state index is 0.0448. The average Bonchev–Trinajstić information content (AvgIpc) is 2.39. The SMILES string of the molecule is Cc1ccccc1OCCN(C)C(=O)C(C)(C)CN. The summed E-state index contributed by atoms with van der Waals surface area (Å²) in [4.78, 5) is 13.8. The summed E-state index contributed by atoms with van der Waals surface area (Å²) >= 11 is 0. The van der Waals surface area contributed by atoms with Crippen LogP contribution in [0.4, 0.5) is 0 Å². The van der Waals surface area contributed by atoms with Crippen molar-refractivity contribution in [1.29, 1.82) is 0 Å². The van der Waals surface area contributed by atoms with E-state index in [2.05, 4.69) is 0 Å². The van der Waals surface area contributed by atoms with Crippen molar-refractivity contribution in [2.24, 2.45) is 11.1 Å². The van der Waals surface area contributed by atoms with E-state index in [4.69, 9.17) is 10.5 Å². The Hall–Kier alpha value is -1.55. The first kappa shape index (κ1) is 15.5. The predicted octanol–water partition coefficient (Wildman–Crippen LogP) is 1.82. The lowest BCUT2D eigenvalue weighted by Gasteiger charge is -2.28. The topological polar surface area (TPSA) is 55.6 Å². The molecule has 2 N–H and O–H groups in total. The van der Waals surface area contributed by atoms with Crippen LogP contribution in [0.2, 0.25) is 0 Å². The molecule has 1 aromatic rings. The third-order valence-electron chi connectivity index (χ3n) is 3.21. The van der Waals surface area contributed by atoms with E-state index in [9.17, 15) is 4.79 Å². The van der Waals surface area contributed by atoms with Gasteiger partial charge in [-0.15, -0.1) is 0 Å². The quantitative estimate of drug-likeness (QED) is 0.852. The van der Waals surface area contributed by atoms with Crippen LogP contribution < -0.4 is 10.5 Å². The molecular weight excluding hydrogens is 240 g/mol. The van der Waals surface area contributed by atoms with Crippen LogP contribution in [-0.2, 0) is 4.79 Å². The fourth-order valence-electron chi connectivity index (χ4n) is 1.72. The monoisotopic (exact) mass is 264 g/mol. The second-order valence-electron chi connectivity index (χ2n) is 5.43. The summed E-state index contributed by atoms with van der Waals surface area (Å²) in [5.74, 6) is 0.907. The summed E-state index contributed by atoms with van der Waals surface area (Å²) in [5.41, 5.74) is 6.19. The van der Waals surface area contributed by atoms with Gasteiger partial charge in [-0.05, 0) is 32.4 Å². The molecule has 1 aromatic carbocycles. The second kappa shape index (κ2) is 6.57. The highest BCUT2D eigenvalue weighted by atomic mass is 16.5. The van der Waals surface area contributed by atoms with E-state index >= 15 is 0 Å². The van der Waals surface area contributed by atoms with Crippen LogP contribution >= 0.6 is 0 Å². The Morgan fingerprint density at radius 1 is 1.37 bits per heavy atom. The number of ether oxygens (including phenoxy) is 1. The van der Waals surface area contributed by atoms with Gasteiger partial charge in [0, 0.05) is 13.6 Å². The molecule has 0 saturated carbocycles. The molecule has 1 amide bonds. The molecule has 0 radical (unpaired) electrons. The van der Waals surface area contributed by atoms with Gasteiger partial charge in [-0.3, -0.25) is 4.79 Å². The summed E-state index contributed by atoms with van der Waals surface area (Å²) in [5, 5.41) is 0. The van der Waals surface area contributed by atoms with Gasteiger partial charge in [0.25, 0.3) is 0 Å². The number of likely N-dealkylation sites (N-methyl/N-ethyl adjacent to an activating group) is 1. The van der Waals surface area contributed by atoms with Gasteiger partial charge in [-0.1, -0.05) is 18.2 Å². The molecule has 0 bridgehead atoms. The third kappa shape index (κ3) is 4.24. The van der Waals surface area contributed by atoms with Gasteiger partial charge < -0.3 is 15.4 Å². The zero-order valence-corrected chi connectivity index (χ0v) is 12.3. The molecule has 0 unspecified atom stereocenters. The number of carbonyl (C=O) groups excluding carboxylic acids is 1. The largest absolute Gasteiger partial charge is 0.491 e. The average molecular weight is 264 g/mol. The Morgan fingerprint density at radius 2 is 2.00 bits per heavy atom. The van der Waals surface area contributed by atoms with Gasteiger partial charge in [0.15, 0.2) is 0 Å². The molecule has 0 aliphatic rings. The van der Waals surface area contributed by atoms with Crippen molar-refractivity contribution in [3.05, 3.63) is 29.8 Å². The Kier molecular flexibility index (Phi) is 5.36. The second-order valence-corrected chi connectivity index (χ2v) is 5.43. The molecular formula is C15H24N2O2. The standard InChI is InChI=1S/C15H24N2O2/c1-12-7-5-6-8-13(12)19-10-9-17(4)14(18)15(2,3)11-16/h5-8H,9-11,16H2,1-4H3. The molecule has 0 atom stereocenters. The fraction of sp³-hybridized carbons (Fsp3) is 0.533. The number of carbonyl (C=O) groups is 1. The lowest BCUT2D eigenvalue weighted by Crippen LogP contribution is -2.44. The van der Waals surface area contributed by atoms with Gasteiger partial charge in [-0.2, -0.15) is 0 Å². The van der Waals surface area contributed by atoms with Crippen LogP contribution in [0.1, 0.15) is 19.4 Å². The number of aryl methyl sites for hydroxylation is 1. The minimum atomic E-state index is -0.516. The zero-order valence-electron chi connectivity index (χ0n) is 12.3. The molecule has 106 valence electrons. The number of hydrogen-bond acceptors (Lipinski definition) is 3. The summed E-state index contributed by atoms with van der Waals surface area (Å²) in [7, 11) is 1.78.